The van der Waals surface area contributed by atoms with E-state index in [4.69, 9.17) is 14.2 Å². The molecular formula is C21H24N2O6. The van der Waals surface area contributed by atoms with Crippen molar-refractivity contribution >= 4 is 11.6 Å². The number of benzene rings is 2. The molecule has 0 unspecified atom stereocenters. The molecule has 8 nitrogen and oxygen atoms in total. The first-order valence-corrected chi connectivity index (χ1v) is 9.34. The fraction of sp³-hybridized carbons (Fsp3) is 0.381. The van der Waals surface area contributed by atoms with Crippen LogP contribution in [-0.4, -0.2) is 37.7 Å². The summed E-state index contributed by atoms with van der Waals surface area (Å²) in [6.07, 6.45) is 0.277. The molecule has 0 bridgehead atoms. The molecule has 1 heterocycles. The SMILES string of the molecule is COc1cc(CCNC(=O)c2cccc3c2O[C@H](C)[C@@H]3C)c([N+](=O)[O-])cc1OC. The highest BCUT2D eigenvalue weighted by atomic mass is 16.6. The normalized spacial score (nSPS) is 17.2. The Morgan fingerprint density at radius 1 is 1.21 bits per heavy atom. The Morgan fingerprint density at radius 3 is 2.55 bits per heavy atom. The van der Waals surface area contributed by atoms with Crippen LogP contribution in [-0.2, 0) is 6.42 Å². The Labute approximate surface area is 168 Å². The summed E-state index contributed by atoms with van der Waals surface area (Å²) in [5.41, 5.74) is 1.86. The predicted molar refractivity (Wildman–Crippen MR) is 107 cm³/mol. The lowest BCUT2D eigenvalue weighted by atomic mass is 9.97. The van der Waals surface area contributed by atoms with E-state index in [-0.39, 0.29) is 42.3 Å². The third kappa shape index (κ3) is 3.96. The van der Waals surface area contributed by atoms with Gasteiger partial charge in [-0.2, -0.15) is 0 Å². The van der Waals surface area contributed by atoms with Crippen LogP contribution in [0.15, 0.2) is 30.3 Å². The van der Waals surface area contributed by atoms with E-state index in [0.717, 1.165) is 5.56 Å². The molecule has 0 saturated heterocycles. The van der Waals surface area contributed by atoms with Gasteiger partial charge in [0.2, 0.25) is 0 Å². The Bertz CT molecular complexity index is 943. The summed E-state index contributed by atoms with van der Waals surface area (Å²) >= 11 is 0. The number of nitro groups is 1. The lowest BCUT2D eigenvalue weighted by Crippen LogP contribution is -2.26. The van der Waals surface area contributed by atoms with Gasteiger partial charge in [-0.25, -0.2) is 0 Å². The summed E-state index contributed by atoms with van der Waals surface area (Å²) < 4.78 is 16.2. The van der Waals surface area contributed by atoms with Crippen molar-refractivity contribution in [3.63, 3.8) is 0 Å². The second-order valence-corrected chi connectivity index (χ2v) is 6.93. The summed E-state index contributed by atoms with van der Waals surface area (Å²) in [5.74, 6) is 1.24. The van der Waals surface area contributed by atoms with Crippen molar-refractivity contribution in [2.45, 2.75) is 32.3 Å². The molecule has 0 aromatic heterocycles. The van der Waals surface area contributed by atoms with Crippen LogP contribution in [0.1, 0.15) is 41.3 Å². The number of carbonyl (C=O) groups excluding carboxylic acids is 1. The van der Waals surface area contributed by atoms with Crippen molar-refractivity contribution in [1.82, 2.24) is 5.32 Å². The molecule has 0 saturated carbocycles. The van der Waals surface area contributed by atoms with Crippen LogP contribution < -0.4 is 19.5 Å². The average Bonchev–Trinajstić information content (AvgIpc) is 3.01. The van der Waals surface area contributed by atoms with Gasteiger partial charge in [-0.3, -0.25) is 14.9 Å². The van der Waals surface area contributed by atoms with Crippen LogP contribution in [0.4, 0.5) is 5.69 Å². The van der Waals surface area contributed by atoms with Gasteiger partial charge in [0.1, 0.15) is 11.9 Å². The number of fused-ring (bicyclic) bond motifs is 1. The number of para-hydroxylation sites is 1. The third-order valence-corrected chi connectivity index (χ3v) is 5.25. The largest absolute Gasteiger partial charge is 0.493 e. The van der Waals surface area contributed by atoms with Gasteiger partial charge >= 0.3 is 0 Å². The number of hydrogen-bond donors (Lipinski definition) is 1. The van der Waals surface area contributed by atoms with Gasteiger partial charge in [0.05, 0.1) is 30.8 Å². The van der Waals surface area contributed by atoms with E-state index in [1.165, 1.54) is 20.3 Å². The highest BCUT2D eigenvalue weighted by molar-refractivity contribution is 5.97. The van der Waals surface area contributed by atoms with Crippen molar-refractivity contribution in [2.75, 3.05) is 20.8 Å². The number of ether oxygens (including phenoxy) is 3. The topological polar surface area (TPSA) is 99.9 Å². The van der Waals surface area contributed by atoms with E-state index in [2.05, 4.69) is 12.2 Å². The minimum absolute atomic E-state index is 0.00774. The molecule has 2 aromatic carbocycles. The molecule has 1 aliphatic rings. The lowest BCUT2D eigenvalue weighted by Gasteiger charge is -2.12. The minimum atomic E-state index is -0.472. The van der Waals surface area contributed by atoms with Gasteiger partial charge in [0.15, 0.2) is 11.5 Å². The maximum Gasteiger partial charge on any atom is 0.276 e. The number of methoxy groups -OCH3 is 2. The third-order valence-electron chi connectivity index (χ3n) is 5.25. The zero-order valence-corrected chi connectivity index (χ0v) is 16.9. The molecule has 1 amide bonds. The van der Waals surface area contributed by atoms with Crippen molar-refractivity contribution in [3.8, 4) is 17.2 Å². The van der Waals surface area contributed by atoms with E-state index in [1.807, 2.05) is 19.1 Å². The average molecular weight is 400 g/mol. The van der Waals surface area contributed by atoms with Gasteiger partial charge in [0, 0.05) is 23.6 Å². The molecule has 0 radical (unpaired) electrons. The van der Waals surface area contributed by atoms with Crippen LogP contribution in [0.5, 0.6) is 17.2 Å². The second-order valence-electron chi connectivity index (χ2n) is 6.93. The number of amides is 1. The van der Waals surface area contributed by atoms with E-state index < -0.39 is 4.92 Å². The van der Waals surface area contributed by atoms with E-state index in [0.29, 0.717) is 22.6 Å². The van der Waals surface area contributed by atoms with Crippen molar-refractivity contribution < 1.29 is 23.9 Å². The fourth-order valence-electron chi connectivity index (χ4n) is 3.45. The van der Waals surface area contributed by atoms with Crippen molar-refractivity contribution in [1.29, 1.82) is 0 Å². The molecule has 0 aliphatic carbocycles. The highest BCUT2D eigenvalue weighted by Gasteiger charge is 2.31. The molecular weight excluding hydrogens is 376 g/mol. The second kappa shape index (κ2) is 8.38. The van der Waals surface area contributed by atoms with Gasteiger partial charge in [-0.1, -0.05) is 19.1 Å². The van der Waals surface area contributed by atoms with Gasteiger partial charge < -0.3 is 19.5 Å². The minimum Gasteiger partial charge on any atom is -0.493 e. The number of hydrogen-bond acceptors (Lipinski definition) is 6. The van der Waals surface area contributed by atoms with Crippen LogP contribution in [0.25, 0.3) is 0 Å². The monoisotopic (exact) mass is 400 g/mol. The van der Waals surface area contributed by atoms with Crippen LogP contribution in [0, 0.1) is 10.1 Å². The predicted octanol–water partition coefficient (Wildman–Crippen LogP) is 3.47. The molecule has 1 aliphatic heterocycles. The van der Waals surface area contributed by atoms with Crippen LogP contribution >= 0.6 is 0 Å². The highest BCUT2D eigenvalue weighted by Crippen LogP contribution is 2.40. The maximum atomic E-state index is 12.7. The molecule has 1 N–H and O–H groups in total. The fourth-order valence-corrected chi connectivity index (χ4v) is 3.45. The van der Waals surface area contributed by atoms with E-state index >= 15 is 0 Å². The first kappa shape index (κ1) is 20.4. The summed E-state index contributed by atoms with van der Waals surface area (Å²) in [7, 11) is 2.89. The first-order valence-electron chi connectivity index (χ1n) is 9.34. The van der Waals surface area contributed by atoms with Gasteiger partial charge in [-0.05, 0) is 25.5 Å². The number of nitrogens with zero attached hydrogens (tertiary/aromatic N) is 1. The van der Waals surface area contributed by atoms with Crippen LogP contribution in [0.2, 0.25) is 0 Å². The summed E-state index contributed by atoms with van der Waals surface area (Å²) in [6, 6.07) is 8.42. The van der Waals surface area contributed by atoms with Gasteiger partial charge in [0.25, 0.3) is 11.6 Å². The maximum absolute atomic E-state index is 12.7. The van der Waals surface area contributed by atoms with E-state index in [9.17, 15) is 14.9 Å². The molecule has 154 valence electrons. The molecule has 3 rings (SSSR count). The molecule has 0 fully saturated rings. The zero-order valence-electron chi connectivity index (χ0n) is 16.9. The number of carbonyl (C=O) groups is 1. The molecule has 2 aromatic rings. The smallest absolute Gasteiger partial charge is 0.276 e. The standard InChI is InChI=1S/C21H24N2O6/c1-12-13(2)29-20-15(12)6-5-7-16(20)21(24)22-9-8-14-10-18(27-3)19(28-4)11-17(14)23(25)26/h5-7,10-13H,8-9H2,1-4H3,(H,22,24)/t12-,13+/m0/s1. The Balaban J connectivity index is 1.74. The number of nitrogens with one attached hydrogen (secondary N) is 1. The van der Waals surface area contributed by atoms with Crippen LogP contribution in [0.3, 0.4) is 0 Å². The quantitative estimate of drug-likeness (QED) is 0.564. The number of rotatable bonds is 7. The first-order chi connectivity index (χ1) is 13.9. The lowest BCUT2D eigenvalue weighted by molar-refractivity contribution is -0.385. The van der Waals surface area contributed by atoms with Gasteiger partial charge in [-0.15, -0.1) is 0 Å². The van der Waals surface area contributed by atoms with Crippen molar-refractivity contribution in [2.24, 2.45) is 0 Å². The number of nitro benzene ring substituents is 1. The Kier molecular flexibility index (Phi) is 5.91. The Morgan fingerprint density at radius 2 is 1.90 bits per heavy atom. The summed E-state index contributed by atoms with van der Waals surface area (Å²) in [6.45, 7) is 4.26. The van der Waals surface area contributed by atoms with E-state index in [1.54, 1.807) is 12.1 Å². The zero-order chi connectivity index (χ0) is 21.1. The summed E-state index contributed by atoms with van der Waals surface area (Å²) in [4.78, 5) is 23.6. The molecule has 0 spiro atoms. The molecule has 2 atom stereocenters. The van der Waals surface area contributed by atoms with Crippen molar-refractivity contribution in [3.05, 3.63) is 57.1 Å². The Hall–Kier alpha value is -3.29. The molecule has 29 heavy (non-hydrogen) atoms. The molecule has 8 heteroatoms. The summed E-state index contributed by atoms with van der Waals surface area (Å²) in [5, 5.41) is 14.2.